The van der Waals surface area contributed by atoms with Gasteiger partial charge < -0.3 is 14.4 Å². The number of amides is 1. The third-order valence-corrected chi connectivity index (χ3v) is 7.60. The lowest BCUT2D eigenvalue weighted by Crippen LogP contribution is -2.53. The number of pyridine rings is 1. The first-order valence-electron chi connectivity index (χ1n) is 14.0. The second kappa shape index (κ2) is 13.2. The van der Waals surface area contributed by atoms with E-state index in [2.05, 4.69) is 39.0 Å². The van der Waals surface area contributed by atoms with E-state index >= 15 is 0 Å². The van der Waals surface area contributed by atoms with Crippen molar-refractivity contribution in [3.05, 3.63) is 82.9 Å². The predicted octanol–water partition coefficient (Wildman–Crippen LogP) is 4.50. The van der Waals surface area contributed by atoms with Gasteiger partial charge in [0.25, 0.3) is 5.91 Å². The number of carbonyl (C=O) groups is 1. The molecule has 3 aromatic rings. The number of nitriles is 1. The predicted molar refractivity (Wildman–Crippen MR) is 157 cm³/mol. The maximum Gasteiger partial charge on any atom is 0.259 e. The van der Waals surface area contributed by atoms with Crippen molar-refractivity contribution in [1.82, 2.24) is 9.88 Å². The first kappa shape index (κ1) is 28.1. The summed E-state index contributed by atoms with van der Waals surface area (Å²) in [6.45, 7) is 6.64. The zero-order valence-electron chi connectivity index (χ0n) is 23.2. The molecule has 1 amide bonds. The number of hydrogen-bond acceptors (Lipinski definition) is 9. The molecule has 10 nitrogen and oxygen atoms in total. The molecule has 0 aliphatic carbocycles. The minimum atomic E-state index is -0.146. The molecule has 3 heterocycles. The van der Waals surface area contributed by atoms with Gasteiger partial charge in [-0.1, -0.05) is 17.3 Å². The molecule has 10 heteroatoms. The Balaban J connectivity index is 1.23. The highest BCUT2D eigenvalue weighted by atomic mass is 16.6. The highest BCUT2D eigenvalue weighted by Crippen LogP contribution is 2.41. The van der Waals surface area contributed by atoms with Gasteiger partial charge in [-0.25, -0.2) is 4.98 Å². The van der Waals surface area contributed by atoms with Crippen LogP contribution in [0.3, 0.4) is 0 Å². The van der Waals surface area contributed by atoms with Crippen LogP contribution < -0.4 is 19.3 Å². The molecule has 0 N–H and O–H groups in total. The van der Waals surface area contributed by atoms with Gasteiger partial charge in [0, 0.05) is 50.5 Å². The van der Waals surface area contributed by atoms with Crippen LogP contribution in [0, 0.1) is 16.2 Å². The van der Waals surface area contributed by atoms with E-state index in [9.17, 15) is 9.70 Å². The zero-order chi connectivity index (χ0) is 28.6. The van der Waals surface area contributed by atoms with E-state index < -0.39 is 0 Å². The molecule has 5 rings (SSSR count). The molecule has 0 radical (unpaired) electrons. The summed E-state index contributed by atoms with van der Waals surface area (Å²) in [5.41, 5.74) is 2.06. The Labute approximate surface area is 240 Å². The third kappa shape index (κ3) is 6.64. The minimum Gasteiger partial charge on any atom is -0.484 e. The Kier molecular flexibility index (Phi) is 9.06. The molecule has 0 spiro atoms. The number of hydrogen-bond donors (Lipinski definition) is 0. The molecule has 1 aromatic heterocycles. The molecular formula is C31H34N6O4. The van der Waals surface area contributed by atoms with Crippen LogP contribution in [0.4, 0.5) is 11.5 Å². The monoisotopic (exact) mass is 554 g/mol. The lowest BCUT2D eigenvalue weighted by Gasteiger charge is -2.41. The van der Waals surface area contributed by atoms with Crippen LogP contribution >= 0.6 is 0 Å². The summed E-state index contributed by atoms with van der Waals surface area (Å²) in [7, 11) is 0. The number of ether oxygens (including phenoxy) is 2. The average molecular weight is 555 g/mol. The van der Waals surface area contributed by atoms with Crippen molar-refractivity contribution in [2.24, 2.45) is 5.18 Å². The molecule has 1 saturated heterocycles. The fourth-order valence-electron chi connectivity index (χ4n) is 5.33. The molecule has 1 unspecified atom stereocenters. The highest BCUT2D eigenvalue weighted by molar-refractivity contribution is 6.05. The lowest BCUT2D eigenvalue weighted by atomic mass is 10.1. The number of aromatic nitrogens is 1. The summed E-state index contributed by atoms with van der Waals surface area (Å²) in [5.74, 6) is 1.96. The highest BCUT2D eigenvalue weighted by Gasteiger charge is 2.30. The Bertz CT molecular complexity index is 1370. The maximum atomic E-state index is 13.6. The average Bonchev–Trinajstić information content (AvgIpc) is 3.03. The molecule has 212 valence electrons. The Morgan fingerprint density at radius 1 is 1.12 bits per heavy atom. The van der Waals surface area contributed by atoms with Crippen molar-refractivity contribution in [3.8, 4) is 17.6 Å². The van der Waals surface area contributed by atoms with E-state index in [1.165, 1.54) is 0 Å². The van der Waals surface area contributed by atoms with Gasteiger partial charge in [0.05, 0.1) is 23.9 Å². The normalized spacial score (nSPS) is 17.4. The summed E-state index contributed by atoms with van der Waals surface area (Å²) in [6.07, 6.45) is 3.03. The number of fused-ring (bicyclic) bond motifs is 1. The van der Waals surface area contributed by atoms with Crippen LogP contribution in [0.25, 0.3) is 0 Å². The molecule has 0 bridgehead atoms. The zero-order valence-corrected chi connectivity index (χ0v) is 23.2. The number of para-hydroxylation sites is 1. The van der Waals surface area contributed by atoms with Gasteiger partial charge in [-0.05, 0) is 68.3 Å². The maximum absolute atomic E-state index is 13.6. The van der Waals surface area contributed by atoms with Crippen molar-refractivity contribution in [2.45, 2.75) is 31.9 Å². The number of rotatable bonds is 10. The molecule has 2 aliphatic rings. The van der Waals surface area contributed by atoms with E-state index in [0.29, 0.717) is 43.1 Å². The number of nitrogens with zero attached hydrogens (tertiary/aromatic N) is 6. The fourth-order valence-corrected chi connectivity index (χ4v) is 5.33. The van der Waals surface area contributed by atoms with Crippen molar-refractivity contribution < 1.29 is 14.3 Å². The fraction of sp³-hybridized carbons (Fsp3) is 0.387. The summed E-state index contributed by atoms with van der Waals surface area (Å²) < 4.78 is 12.3. The van der Waals surface area contributed by atoms with Crippen molar-refractivity contribution in [1.29, 1.82) is 5.26 Å². The summed E-state index contributed by atoms with van der Waals surface area (Å²) >= 11 is 0. The van der Waals surface area contributed by atoms with Gasteiger partial charge in [-0.2, -0.15) is 10.2 Å². The first-order valence-corrected chi connectivity index (χ1v) is 14.0. The molecular weight excluding hydrogens is 520 g/mol. The second-order valence-corrected chi connectivity index (χ2v) is 10.3. The van der Waals surface area contributed by atoms with Gasteiger partial charge in [-0.15, -0.1) is 0 Å². The number of anilines is 2. The first-order chi connectivity index (χ1) is 20.1. The van der Waals surface area contributed by atoms with E-state index in [4.69, 9.17) is 14.7 Å². The van der Waals surface area contributed by atoms with Gasteiger partial charge in [0.2, 0.25) is 0 Å². The Hall–Kier alpha value is -4.49. The third-order valence-electron chi connectivity index (χ3n) is 7.60. The number of benzene rings is 2. The molecule has 2 atom stereocenters. The standard InChI is InChI=1S/C31H34N6O4/c1-23(21-37(29-9-2-3-14-33-29)31(38)25-12-10-24(20-32)11-13-25)35-16-18-36(19-17-35)27-7-4-8-28-30(27)40-22-26(41-28)6-5-15-34-39/h2-4,7-14,23,26H,5-6,15-19,21-22H2,1H3/t23-,26?/m1/s1. The largest absolute Gasteiger partial charge is 0.484 e. The lowest BCUT2D eigenvalue weighted by molar-refractivity contribution is 0.0840. The topological polar surface area (TPSA) is 111 Å². The summed E-state index contributed by atoms with van der Waals surface area (Å²) in [4.78, 5) is 34.9. The van der Waals surface area contributed by atoms with Gasteiger partial charge >= 0.3 is 0 Å². The molecule has 2 aliphatic heterocycles. The van der Waals surface area contributed by atoms with E-state index in [-0.39, 0.29) is 18.1 Å². The van der Waals surface area contributed by atoms with Crippen molar-refractivity contribution in [3.63, 3.8) is 0 Å². The van der Waals surface area contributed by atoms with E-state index in [1.54, 1.807) is 35.4 Å². The SMILES string of the molecule is C[C@H](CN(C(=O)c1ccc(C#N)cc1)c1ccccn1)N1CCN(c2cccc3c2OCC(CCCN=O)O3)CC1. The second-order valence-electron chi connectivity index (χ2n) is 10.3. The van der Waals surface area contributed by atoms with Crippen molar-refractivity contribution >= 4 is 17.4 Å². The van der Waals surface area contributed by atoms with E-state index in [1.807, 2.05) is 30.3 Å². The van der Waals surface area contributed by atoms with Crippen LogP contribution in [0.1, 0.15) is 35.7 Å². The molecule has 41 heavy (non-hydrogen) atoms. The van der Waals surface area contributed by atoms with Crippen LogP contribution in [0.5, 0.6) is 11.5 Å². The van der Waals surface area contributed by atoms with Crippen LogP contribution in [0.15, 0.2) is 72.0 Å². The van der Waals surface area contributed by atoms with Crippen LogP contribution in [-0.2, 0) is 0 Å². The van der Waals surface area contributed by atoms with Gasteiger partial charge in [0.1, 0.15) is 18.5 Å². The number of piperazine rings is 1. The molecule has 1 fully saturated rings. The number of carbonyl (C=O) groups excluding carboxylic acids is 1. The molecule has 2 aromatic carbocycles. The van der Waals surface area contributed by atoms with Gasteiger partial charge in [0.15, 0.2) is 11.5 Å². The molecule has 0 saturated carbocycles. The van der Waals surface area contributed by atoms with Gasteiger partial charge in [-0.3, -0.25) is 14.6 Å². The Morgan fingerprint density at radius 2 is 1.93 bits per heavy atom. The van der Waals surface area contributed by atoms with Crippen LogP contribution in [-0.4, -0.2) is 73.8 Å². The number of nitroso groups, excluding NO2 is 1. The van der Waals surface area contributed by atoms with E-state index in [0.717, 1.165) is 49.8 Å². The Morgan fingerprint density at radius 3 is 2.63 bits per heavy atom. The van der Waals surface area contributed by atoms with Crippen LogP contribution in [0.2, 0.25) is 0 Å². The van der Waals surface area contributed by atoms with Crippen molar-refractivity contribution in [2.75, 3.05) is 55.7 Å². The quantitative estimate of drug-likeness (QED) is 0.266. The summed E-state index contributed by atoms with van der Waals surface area (Å²) in [5, 5.41) is 12.1. The smallest absolute Gasteiger partial charge is 0.259 e. The summed E-state index contributed by atoms with van der Waals surface area (Å²) in [6, 6.07) is 20.4. The minimum absolute atomic E-state index is 0.0776.